The molecule has 0 aromatic heterocycles. The third kappa shape index (κ3) is 3.61. The summed E-state index contributed by atoms with van der Waals surface area (Å²) in [5, 5.41) is 1.73. The van der Waals surface area contributed by atoms with E-state index in [4.69, 9.17) is 56.9 Å². The molecule has 0 fully saturated rings. The zero-order chi connectivity index (χ0) is 14.0. The average Bonchev–Trinajstić information content (AvgIpc) is 2.30. The highest BCUT2D eigenvalue weighted by molar-refractivity contribution is 6.40. The van der Waals surface area contributed by atoms with Crippen molar-refractivity contribution in [2.75, 3.05) is 5.73 Å². The van der Waals surface area contributed by atoms with Gasteiger partial charge in [0.25, 0.3) is 0 Å². The highest BCUT2D eigenvalue weighted by atomic mass is 35.5. The van der Waals surface area contributed by atoms with E-state index >= 15 is 0 Å². The molecule has 0 saturated carbocycles. The molecule has 0 heterocycles. The maximum Gasteiger partial charge on any atom is 0.157 e. The van der Waals surface area contributed by atoms with Crippen LogP contribution in [0.4, 0.5) is 5.69 Å². The van der Waals surface area contributed by atoms with Crippen molar-refractivity contribution < 1.29 is 4.74 Å². The molecule has 0 spiro atoms. The van der Waals surface area contributed by atoms with Crippen LogP contribution in [0.15, 0.2) is 30.3 Å². The molecule has 6 heteroatoms. The van der Waals surface area contributed by atoms with Gasteiger partial charge in [-0.1, -0.05) is 52.5 Å². The molecule has 0 aliphatic heterocycles. The van der Waals surface area contributed by atoms with Gasteiger partial charge in [0.05, 0.1) is 10.0 Å². The van der Waals surface area contributed by atoms with Crippen LogP contribution in [-0.2, 0) is 6.61 Å². The predicted octanol–water partition coefficient (Wildman–Crippen LogP) is 5.46. The van der Waals surface area contributed by atoms with E-state index < -0.39 is 0 Å². The Kier molecular flexibility index (Phi) is 4.69. The van der Waals surface area contributed by atoms with Gasteiger partial charge in [-0.15, -0.1) is 0 Å². The summed E-state index contributed by atoms with van der Waals surface area (Å²) in [6.07, 6.45) is 0. The molecule has 100 valence electrons. The van der Waals surface area contributed by atoms with Crippen LogP contribution in [-0.4, -0.2) is 0 Å². The largest absolute Gasteiger partial charge is 0.486 e. The molecule has 19 heavy (non-hydrogen) atoms. The van der Waals surface area contributed by atoms with Gasteiger partial charge in [-0.3, -0.25) is 0 Å². The van der Waals surface area contributed by atoms with Crippen LogP contribution in [0.3, 0.4) is 0 Å². The Hall–Kier alpha value is -0.800. The molecule has 0 bridgehead atoms. The molecule has 0 atom stereocenters. The van der Waals surface area contributed by atoms with Crippen molar-refractivity contribution in [3.8, 4) is 5.75 Å². The normalized spacial score (nSPS) is 10.5. The van der Waals surface area contributed by atoms with Crippen molar-refractivity contribution in [1.29, 1.82) is 0 Å². The van der Waals surface area contributed by atoms with Crippen molar-refractivity contribution in [1.82, 2.24) is 0 Å². The predicted molar refractivity (Wildman–Crippen MR) is 81.7 cm³/mol. The second-order valence-electron chi connectivity index (χ2n) is 3.83. The van der Waals surface area contributed by atoms with Crippen molar-refractivity contribution in [3.63, 3.8) is 0 Å². The lowest BCUT2D eigenvalue weighted by Crippen LogP contribution is -2.01. The molecular weight excluding hydrogens is 328 g/mol. The molecule has 0 radical (unpaired) electrons. The Morgan fingerprint density at radius 3 is 2.11 bits per heavy atom. The number of halogens is 4. The molecule has 0 unspecified atom stereocenters. The second kappa shape index (κ2) is 6.10. The Morgan fingerprint density at radius 2 is 1.53 bits per heavy atom. The zero-order valence-electron chi connectivity index (χ0n) is 9.59. The number of hydrogen-bond donors (Lipinski definition) is 1. The quantitative estimate of drug-likeness (QED) is 0.755. The lowest BCUT2D eigenvalue weighted by molar-refractivity contribution is 0.307. The van der Waals surface area contributed by atoms with Crippen LogP contribution in [0.25, 0.3) is 0 Å². The maximum absolute atomic E-state index is 6.02. The third-order valence-electron chi connectivity index (χ3n) is 2.44. The van der Waals surface area contributed by atoms with Crippen LogP contribution < -0.4 is 10.5 Å². The number of anilines is 1. The molecule has 2 N–H and O–H groups in total. The van der Waals surface area contributed by atoms with Crippen LogP contribution in [0.1, 0.15) is 5.56 Å². The van der Waals surface area contributed by atoms with Gasteiger partial charge in [0.15, 0.2) is 5.75 Å². The molecule has 2 nitrogen and oxygen atoms in total. The summed E-state index contributed by atoms with van der Waals surface area (Å²) >= 11 is 23.7. The Balaban J connectivity index is 2.19. The van der Waals surface area contributed by atoms with Crippen LogP contribution in [0, 0.1) is 0 Å². The summed E-state index contributed by atoms with van der Waals surface area (Å²) in [6.45, 7) is 0.240. The average molecular weight is 337 g/mol. The van der Waals surface area contributed by atoms with Gasteiger partial charge < -0.3 is 10.5 Å². The lowest BCUT2D eigenvalue weighted by atomic mass is 10.2. The van der Waals surface area contributed by atoms with Crippen molar-refractivity contribution in [3.05, 3.63) is 56.0 Å². The van der Waals surface area contributed by atoms with E-state index in [0.29, 0.717) is 31.5 Å². The number of ether oxygens (including phenoxy) is 1. The van der Waals surface area contributed by atoms with Gasteiger partial charge in [0.2, 0.25) is 0 Å². The van der Waals surface area contributed by atoms with Crippen LogP contribution >= 0.6 is 46.4 Å². The van der Waals surface area contributed by atoms with Gasteiger partial charge in [-0.25, -0.2) is 0 Å². The van der Waals surface area contributed by atoms with E-state index in [0.717, 1.165) is 5.56 Å². The van der Waals surface area contributed by atoms with Crippen molar-refractivity contribution >= 4 is 52.1 Å². The van der Waals surface area contributed by atoms with E-state index in [1.165, 1.54) is 0 Å². The SMILES string of the molecule is Nc1cc(Cl)ccc1COc1c(Cl)cc(Cl)cc1Cl. The minimum Gasteiger partial charge on any atom is -0.486 e. The second-order valence-corrected chi connectivity index (χ2v) is 5.52. The molecule has 0 saturated heterocycles. The number of hydrogen-bond acceptors (Lipinski definition) is 2. The topological polar surface area (TPSA) is 35.2 Å². The fraction of sp³-hybridized carbons (Fsp3) is 0.0769. The molecule has 0 aliphatic carbocycles. The van der Waals surface area contributed by atoms with E-state index in [9.17, 15) is 0 Å². The molecule has 0 amide bonds. The highest BCUT2D eigenvalue weighted by Gasteiger charge is 2.10. The highest BCUT2D eigenvalue weighted by Crippen LogP contribution is 2.36. The summed E-state index contributed by atoms with van der Waals surface area (Å²) in [7, 11) is 0. The first-order valence-electron chi connectivity index (χ1n) is 5.28. The van der Waals surface area contributed by atoms with Gasteiger partial charge in [-0.2, -0.15) is 0 Å². The van der Waals surface area contributed by atoms with E-state index in [-0.39, 0.29) is 6.61 Å². The number of benzene rings is 2. The standard InChI is InChI=1S/C13H9Cl4NO/c14-8-2-1-7(12(18)5-8)6-19-13-10(16)3-9(15)4-11(13)17/h1-5H,6,18H2. The lowest BCUT2D eigenvalue weighted by Gasteiger charge is -2.12. The first-order valence-corrected chi connectivity index (χ1v) is 6.80. The molecule has 0 aliphatic rings. The van der Waals surface area contributed by atoms with Gasteiger partial charge in [0, 0.05) is 21.3 Å². The van der Waals surface area contributed by atoms with Crippen molar-refractivity contribution in [2.45, 2.75) is 6.61 Å². The maximum atomic E-state index is 6.02. The van der Waals surface area contributed by atoms with E-state index in [1.54, 1.807) is 30.3 Å². The minimum atomic E-state index is 0.240. The van der Waals surface area contributed by atoms with Gasteiger partial charge in [-0.05, 0) is 24.3 Å². The summed E-state index contributed by atoms with van der Waals surface area (Å²) in [5.74, 6) is 0.377. The zero-order valence-corrected chi connectivity index (χ0v) is 12.6. The Labute approximate surface area is 131 Å². The minimum absolute atomic E-state index is 0.240. The summed E-state index contributed by atoms with van der Waals surface area (Å²) in [6, 6.07) is 8.31. The molecule has 2 aromatic rings. The van der Waals surface area contributed by atoms with Crippen LogP contribution in [0.2, 0.25) is 20.1 Å². The fourth-order valence-corrected chi connectivity index (χ4v) is 2.62. The summed E-state index contributed by atoms with van der Waals surface area (Å²) in [5.41, 5.74) is 7.18. The van der Waals surface area contributed by atoms with E-state index in [2.05, 4.69) is 0 Å². The van der Waals surface area contributed by atoms with E-state index in [1.807, 2.05) is 0 Å². The molecule has 2 rings (SSSR count). The monoisotopic (exact) mass is 335 g/mol. The third-order valence-corrected chi connectivity index (χ3v) is 3.46. The first-order chi connectivity index (χ1) is 8.97. The number of rotatable bonds is 3. The molecular formula is C13H9Cl4NO. The Bertz CT molecular complexity index is 593. The summed E-state index contributed by atoms with van der Waals surface area (Å²) in [4.78, 5) is 0. The Morgan fingerprint density at radius 1 is 0.895 bits per heavy atom. The van der Waals surface area contributed by atoms with Gasteiger partial charge >= 0.3 is 0 Å². The molecule has 2 aromatic carbocycles. The number of nitrogens with two attached hydrogens (primary N) is 1. The van der Waals surface area contributed by atoms with Crippen molar-refractivity contribution in [2.24, 2.45) is 0 Å². The fourth-order valence-electron chi connectivity index (χ4n) is 1.51. The first kappa shape index (κ1) is 14.6. The van der Waals surface area contributed by atoms with Crippen LogP contribution in [0.5, 0.6) is 5.75 Å². The number of nitrogen functional groups attached to an aromatic ring is 1. The van der Waals surface area contributed by atoms with Gasteiger partial charge in [0.1, 0.15) is 6.61 Å². The smallest absolute Gasteiger partial charge is 0.157 e. The summed E-state index contributed by atoms with van der Waals surface area (Å²) < 4.78 is 5.58.